The van der Waals surface area contributed by atoms with E-state index in [-0.39, 0.29) is 10.8 Å². The minimum absolute atomic E-state index is 0.0685. The van der Waals surface area contributed by atoms with Crippen molar-refractivity contribution in [2.24, 2.45) is 0 Å². The molecule has 272 valence electrons. The maximum Gasteiger partial charge on any atom is 0.499 e. The molecule has 1 spiro atoms. The van der Waals surface area contributed by atoms with Gasteiger partial charge in [0.25, 0.3) is 0 Å². The third kappa shape index (κ3) is 4.47. The molecule has 5 heterocycles. The van der Waals surface area contributed by atoms with Crippen LogP contribution in [0.4, 0.5) is 0 Å². The predicted molar refractivity (Wildman–Crippen MR) is 226 cm³/mol. The van der Waals surface area contributed by atoms with E-state index in [1.54, 1.807) is 0 Å². The Morgan fingerprint density at radius 1 is 0.554 bits per heavy atom. The number of pyridine rings is 1. The molecule has 3 aliphatic heterocycles. The van der Waals surface area contributed by atoms with Gasteiger partial charge >= 0.3 is 11.7 Å². The maximum atomic E-state index is 7.62. The summed E-state index contributed by atoms with van der Waals surface area (Å²) in [5.41, 5.74) is 19.1. The zero-order chi connectivity index (χ0) is 38.3. The molecule has 56 heavy (non-hydrogen) atoms. The van der Waals surface area contributed by atoms with E-state index < -0.39 is 5.85 Å². The highest BCUT2D eigenvalue weighted by Gasteiger charge is 2.68. The van der Waals surface area contributed by atoms with Crippen LogP contribution in [0.1, 0.15) is 63.8 Å². The molecule has 3 aliphatic rings. The molecule has 0 N–H and O–H groups in total. The van der Waals surface area contributed by atoms with Crippen LogP contribution in [-0.2, 0) is 16.7 Å². The van der Waals surface area contributed by atoms with Gasteiger partial charge in [0.2, 0.25) is 5.69 Å². The summed E-state index contributed by atoms with van der Waals surface area (Å²) in [5, 5.41) is 0. The summed E-state index contributed by atoms with van der Waals surface area (Å²) in [6.45, 7) is 16.0. The third-order valence-electron chi connectivity index (χ3n) is 12.3. The van der Waals surface area contributed by atoms with Crippen LogP contribution in [0.5, 0.6) is 5.75 Å². The topological polar surface area (TPSA) is 21.9 Å². The number of nitrogens with zero attached hydrogens (tertiary/aromatic N) is 3. The Kier molecular flexibility index (Phi) is 6.60. The first kappa shape index (κ1) is 33.1. The van der Waals surface area contributed by atoms with Crippen molar-refractivity contribution in [1.29, 1.82) is 0 Å². The van der Waals surface area contributed by atoms with Gasteiger partial charge in [0, 0.05) is 23.3 Å². The number of rotatable bonds is 3. The lowest BCUT2D eigenvalue weighted by molar-refractivity contribution is -0.997. The number of imidazole rings is 1. The molecule has 1 unspecified atom stereocenters. The summed E-state index contributed by atoms with van der Waals surface area (Å²) in [6, 6.07) is 51.8. The van der Waals surface area contributed by atoms with Gasteiger partial charge in [-0.1, -0.05) is 126 Å². The average molecular weight is 728 g/mol. The van der Waals surface area contributed by atoms with E-state index in [4.69, 9.17) is 4.74 Å². The highest BCUT2D eigenvalue weighted by molar-refractivity contribution is 5.98. The smallest absolute Gasteiger partial charge is 0.392 e. The fraction of sp³-hybridized carbons (Fsp3) is 0.192. The molecule has 0 bridgehead atoms. The van der Waals surface area contributed by atoms with Gasteiger partial charge in [-0.2, -0.15) is 4.57 Å². The Balaban J connectivity index is 1.30. The normalized spacial score (nSPS) is 16.0. The zero-order valence-electron chi connectivity index (χ0n) is 33.1. The summed E-state index contributed by atoms with van der Waals surface area (Å²) < 4.78 is 15.1. The molecule has 0 radical (unpaired) electrons. The molecule has 4 heteroatoms. The highest BCUT2D eigenvalue weighted by Crippen LogP contribution is 2.54. The van der Waals surface area contributed by atoms with Crippen molar-refractivity contribution in [3.63, 3.8) is 0 Å². The summed E-state index contributed by atoms with van der Waals surface area (Å²) in [4.78, 5) is 0. The van der Waals surface area contributed by atoms with Crippen molar-refractivity contribution in [2.75, 3.05) is 0 Å². The van der Waals surface area contributed by atoms with Gasteiger partial charge in [0.05, 0.1) is 5.56 Å². The van der Waals surface area contributed by atoms with Crippen molar-refractivity contribution in [2.45, 2.75) is 65.1 Å². The molecule has 1 atom stereocenters. The Labute approximate surface area is 328 Å². The molecular formula is C52H45N3O+2. The van der Waals surface area contributed by atoms with E-state index in [1.807, 2.05) is 0 Å². The number of ether oxygens (including phenoxy) is 1. The molecule has 8 aromatic rings. The average Bonchev–Trinajstić information content (AvgIpc) is 3.69. The SMILES string of the molecule is Cc1ccc(-c2cc[n+]3c(c2)-c2cc(C(C)(C)C)cc4c2C32Oc3ccccc3-c3n(-c5cc(-c6ccccc6)cc(C(C)(C)C)c5)c5cccc-4c5[n+]32)cc1. The molecular weight excluding hydrogens is 683 g/mol. The summed E-state index contributed by atoms with van der Waals surface area (Å²) >= 11 is 0. The van der Waals surface area contributed by atoms with Crippen LogP contribution in [0.15, 0.2) is 146 Å². The Morgan fingerprint density at radius 2 is 1.23 bits per heavy atom. The number of aryl methyl sites for hydroxylation is 1. The fourth-order valence-electron chi connectivity index (χ4n) is 9.37. The van der Waals surface area contributed by atoms with Gasteiger partial charge in [-0.25, -0.2) is 0 Å². The first-order valence-electron chi connectivity index (χ1n) is 19.8. The van der Waals surface area contributed by atoms with E-state index in [1.165, 1.54) is 66.7 Å². The summed E-state index contributed by atoms with van der Waals surface area (Å²) in [5.74, 6) is 0.988. The van der Waals surface area contributed by atoms with Gasteiger partial charge in [0.15, 0.2) is 17.2 Å². The lowest BCUT2D eigenvalue weighted by Crippen LogP contribution is -2.78. The van der Waals surface area contributed by atoms with Crippen LogP contribution in [0.2, 0.25) is 0 Å². The van der Waals surface area contributed by atoms with Gasteiger partial charge in [-0.3, -0.25) is 0 Å². The van der Waals surface area contributed by atoms with Crippen LogP contribution in [0.25, 0.3) is 72.7 Å². The number of hydrogen-bond acceptors (Lipinski definition) is 1. The van der Waals surface area contributed by atoms with E-state index in [2.05, 4.69) is 208 Å². The van der Waals surface area contributed by atoms with Crippen LogP contribution in [0, 0.1) is 6.92 Å². The largest absolute Gasteiger partial charge is 0.499 e. The van der Waals surface area contributed by atoms with Crippen LogP contribution in [0.3, 0.4) is 0 Å². The Hall–Kier alpha value is -6.26. The zero-order valence-corrected chi connectivity index (χ0v) is 33.1. The van der Waals surface area contributed by atoms with Crippen molar-refractivity contribution in [1.82, 2.24) is 4.57 Å². The van der Waals surface area contributed by atoms with Crippen LogP contribution >= 0.6 is 0 Å². The maximum absolute atomic E-state index is 7.62. The molecule has 2 aromatic heterocycles. The molecule has 11 rings (SSSR count). The first-order chi connectivity index (χ1) is 26.9. The second-order valence-corrected chi connectivity index (χ2v) is 18.0. The number of benzene rings is 6. The van der Waals surface area contributed by atoms with Gasteiger partial charge in [0.1, 0.15) is 22.6 Å². The van der Waals surface area contributed by atoms with Crippen molar-refractivity contribution in [3.05, 3.63) is 168 Å². The quantitative estimate of drug-likeness (QED) is 0.166. The number of aromatic nitrogens is 3. The summed E-state index contributed by atoms with van der Waals surface area (Å²) in [7, 11) is 0. The molecule has 0 saturated carbocycles. The van der Waals surface area contributed by atoms with Crippen molar-refractivity contribution in [3.8, 4) is 67.5 Å². The molecule has 6 aromatic carbocycles. The monoisotopic (exact) mass is 727 g/mol. The molecule has 0 saturated heterocycles. The van der Waals surface area contributed by atoms with Crippen molar-refractivity contribution < 1.29 is 13.9 Å². The third-order valence-corrected chi connectivity index (χ3v) is 12.3. The summed E-state index contributed by atoms with van der Waals surface area (Å²) in [6.07, 6.45) is 2.26. The lowest BCUT2D eigenvalue weighted by Gasteiger charge is -2.32. The van der Waals surface area contributed by atoms with E-state index in [0.29, 0.717) is 0 Å². The highest BCUT2D eigenvalue weighted by atomic mass is 16.5. The number of para-hydroxylation sites is 2. The second-order valence-electron chi connectivity index (χ2n) is 18.0. The van der Waals surface area contributed by atoms with Crippen molar-refractivity contribution >= 4 is 11.0 Å². The molecule has 0 amide bonds. The minimum Gasteiger partial charge on any atom is -0.392 e. The Bertz CT molecular complexity index is 2960. The standard InChI is InChI=1S/C52H45N3O/c1-32-20-22-34(23-21-32)35-24-25-53-45(28-35)43-31-38(51(5,6)7)30-42-40-17-13-18-44-48(40)55-49(41-16-11-12-19-46(41)56-52(53,55)47(42)43)54(44)39-27-36(33-14-9-8-10-15-33)26-37(29-39)50(2,3)4/h8-31H,1-7H3/q+2. The molecule has 0 fully saturated rings. The number of hydrogen-bond donors (Lipinski definition) is 0. The minimum atomic E-state index is -0.992. The van der Waals surface area contributed by atoms with E-state index >= 15 is 0 Å². The Morgan fingerprint density at radius 3 is 2.00 bits per heavy atom. The van der Waals surface area contributed by atoms with Crippen LogP contribution in [-0.4, -0.2) is 4.57 Å². The van der Waals surface area contributed by atoms with Gasteiger partial charge < -0.3 is 4.74 Å². The molecule has 0 aliphatic carbocycles. The van der Waals surface area contributed by atoms with Gasteiger partial charge in [-0.05, 0) is 99.7 Å². The first-order valence-corrected chi connectivity index (χ1v) is 19.8. The predicted octanol–water partition coefficient (Wildman–Crippen LogP) is 11.7. The van der Waals surface area contributed by atoms with Gasteiger partial charge in [-0.15, -0.1) is 9.13 Å². The second kappa shape index (κ2) is 11.2. The lowest BCUT2D eigenvalue weighted by atomic mass is 9.80. The van der Waals surface area contributed by atoms with E-state index in [0.717, 1.165) is 34.0 Å². The fourth-order valence-corrected chi connectivity index (χ4v) is 9.37. The van der Waals surface area contributed by atoms with Crippen LogP contribution < -0.4 is 13.9 Å². The number of fused-ring (bicyclic) bond motifs is 5. The van der Waals surface area contributed by atoms with E-state index in [9.17, 15) is 0 Å². The molecule has 4 nitrogen and oxygen atoms in total.